The van der Waals surface area contributed by atoms with Crippen molar-refractivity contribution in [2.24, 2.45) is 0 Å². The number of hydrogen-bond donors (Lipinski definition) is 6. The Morgan fingerprint density at radius 3 is 1.61 bits per heavy atom. The summed E-state index contributed by atoms with van der Waals surface area (Å²) in [4.78, 5) is 20.9. The molecule has 0 rings (SSSR count). The van der Waals surface area contributed by atoms with Gasteiger partial charge in [-0.3, -0.25) is 9.59 Å². The van der Waals surface area contributed by atoms with E-state index in [0.717, 1.165) is 19.8 Å². The van der Waals surface area contributed by atoms with Crippen LogP contribution in [0.5, 0.6) is 0 Å². The Kier molecular flexibility index (Phi) is 24.4. The molecule has 0 aliphatic heterocycles. The third-order valence-electron chi connectivity index (χ3n) is 5.32. The largest absolute Gasteiger partial charge is 0.481 e. The molecule has 0 saturated heterocycles. The van der Waals surface area contributed by atoms with Crippen molar-refractivity contribution in [3.8, 4) is 0 Å². The van der Waals surface area contributed by atoms with Gasteiger partial charge in [-0.25, -0.2) is 0 Å². The minimum atomic E-state index is -1.79. The summed E-state index contributed by atoms with van der Waals surface area (Å²) in [5.41, 5.74) is 0. The van der Waals surface area contributed by atoms with Gasteiger partial charge in [0, 0.05) is 6.42 Å². The Morgan fingerprint density at radius 1 is 0.727 bits per heavy atom. The molecule has 0 bridgehead atoms. The number of aliphatic carboxylic acids is 1. The minimum absolute atomic E-state index is 0.332. The van der Waals surface area contributed by atoms with Gasteiger partial charge in [0.2, 0.25) is 0 Å². The number of hydrogen-bond acceptors (Lipinski definition) is 7. The van der Waals surface area contributed by atoms with Gasteiger partial charge in [0.25, 0.3) is 0 Å². The number of carboxylic acids is 1. The fourth-order valence-electron chi connectivity index (χ4n) is 3.11. The molecule has 196 valence electrons. The Morgan fingerprint density at radius 2 is 1.18 bits per heavy atom. The monoisotopic (exact) mass is 476 g/mol. The summed E-state index contributed by atoms with van der Waals surface area (Å²) in [6, 6.07) is 0. The molecular weight excluding hydrogens is 428 g/mol. The van der Waals surface area contributed by atoms with Crippen molar-refractivity contribution >= 4 is 11.8 Å². The lowest BCUT2D eigenvalue weighted by atomic mass is 10.0. The number of allylic oxidation sites excluding steroid dienone is 2. The number of Topliss-reactive ketones (excluding diaryl/α,β-unsaturated/α-hetero) is 1. The van der Waals surface area contributed by atoms with Crippen LogP contribution in [0.25, 0.3) is 0 Å². The maximum Gasteiger partial charge on any atom is 0.303 e. The summed E-state index contributed by atoms with van der Waals surface area (Å²) in [5, 5.41) is 52.8. The van der Waals surface area contributed by atoms with Crippen LogP contribution >= 0.6 is 0 Å². The van der Waals surface area contributed by atoms with E-state index in [1.54, 1.807) is 0 Å². The summed E-state index contributed by atoms with van der Waals surface area (Å²) < 4.78 is 0. The molecule has 4 atom stereocenters. The second-order valence-corrected chi connectivity index (χ2v) is 8.51. The quantitative estimate of drug-likeness (QED) is 0.116. The normalized spacial score (nSPS) is 14.9. The predicted octanol–water partition coefficient (Wildman–Crippen LogP) is 3.12. The predicted molar refractivity (Wildman–Crippen MR) is 129 cm³/mol. The Hall–Kier alpha value is -1.32. The van der Waals surface area contributed by atoms with Crippen LogP contribution in [0, 0.1) is 0 Å². The number of aliphatic hydroxyl groups is 5. The molecule has 0 radical (unpaired) electrons. The second kappa shape index (κ2) is 23.8. The molecule has 0 aromatic carbocycles. The first-order valence-electron chi connectivity index (χ1n) is 12.4. The second-order valence-electron chi connectivity index (χ2n) is 8.51. The van der Waals surface area contributed by atoms with Crippen LogP contribution in [0.15, 0.2) is 12.2 Å². The molecule has 0 aliphatic carbocycles. The number of ketones is 1. The molecule has 0 aromatic heterocycles. The van der Waals surface area contributed by atoms with Crippen molar-refractivity contribution < 1.29 is 40.2 Å². The van der Waals surface area contributed by atoms with Gasteiger partial charge in [0.05, 0.1) is 6.61 Å². The first-order valence-corrected chi connectivity index (χ1v) is 12.4. The smallest absolute Gasteiger partial charge is 0.303 e. The topological polar surface area (TPSA) is 156 Å². The summed E-state index contributed by atoms with van der Waals surface area (Å²) in [6.07, 6.45) is 14.4. The van der Waals surface area contributed by atoms with Crippen molar-refractivity contribution in [2.75, 3.05) is 6.61 Å². The molecular formula is C25H48O8. The molecule has 6 N–H and O–H groups in total. The first-order chi connectivity index (χ1) is 15.7. The number of carboxylic acid groups (broad SMARTS) is 1. The van der Waals surface area contributed by atoms with Gasteiger partial charge in [-0.1, -0.05) is 70.4 Å². The molecule has 0 aromatic rings. The fourth-order valence-corrected chi connectivity index (χ4v) is 3.11. The van der Waals surface area contributed by atoms with E-state index in [0.29, 0.717) is 6.42 Å². The molecule has 8 nitrogen and oxygen atoms in total. The van der Waals surface area contributed by atoms with Crippen LogP contribution in [0.4, 0.5) is 0 Å². The van der Waals surface area contributed by atoms with Gasteiger partial charge in [-0.2, -0.15) is 0 Å². The molecule has 33 heavy (non-hydrogen) atoms. The van der Waals surface area contributed by atoms with E-state index in [1.807, 2.05) is 0 Å². The highest BCUT2D eigenvalue weighted by Gasteiger charge is 2.32. The number of carbonyl (C=O) groups is 2. The van der Waals surface area contributed by atoms with Crippen LogP contribution in [0.3, 0.4) is 0 Å². The van der Waals surface area contributed by atoms with E-state index in [4.69, 9.17) is 30.6 Å². The van der Waals surface area contributed by atoms with Crippen molar-refractivity contribution in [3.05, 3.63) is 12.2 Å². The number of aliphatic hydroxyl groups excluding tert-OH is 5. The van der Waals surface area contributed by atoms with E-state index in [2.05, 4.69) is 19.1 Å². The van der Waals surface area contributed by atoms with Crippen molar-refractivity contribution in [2.45, 2.75) is 128 Å². The van der Waals surface area contributed by atoms with Gasteiger partial charge >= 0.3 is 5.97 Å². The molecule has 0 saturated carbocycles. The lowest BCUT2D eigenvalue weighted by molar-refractivity contribution is -0.145. The van der Waals surface area contributed by atoms with Gasteiger partial charge in [-0.15, -0.1) is 0 Å². The van der Waals surface area contributed by atoms with Gasteiger partial charge in [0.1, 0.15) is 24.4 Å². The van der Waals surface area contributed by atoms with Gasteiger partial charge in [-0.05, 0) is 39.0 Å². The highest BCUT2D eigenvalue weighted by molar-refractivity contribution is 5.80. The van der Waals surface area contributed by atoms with Crippen molar-refractivity contribution in [1.29, 1.82) is 0 Å². The fraction of sp³-hybridized carbons (Fsp3) is 0.840. The van der Waals surface area contributed by atoms with Crippen molar-refractivity contribution in [3.63, 3.8) is 0 Å². The summed E-state index contributed by atoms with van der Waals surface area (Å²) in [5.74, 6) is -1.39. The zero-order chi connectivity index (χ0) is 25.5. The van der Waals surface area contributed by atoms with Crippen LogP contribution in [0.2, 0.25) is 0 Å². The molecule has 0 heterocycles. The molecule has 0 amide bonds. The van der Waals surface area contributed by atoms with E-state index < -0.39 is 42.8 Å². The highest BCUT2D eigenvalue weighted by atomic mass is 16.4. The summed E-state index contributed by atoms with van der Waals surface area (Å²) >= 11 is 0. The number of carbonyl (C=O) groups excluding carboxylic acids is 1. The molecule has 0 fully saturated rings. The minimum Gasteiger partial charge on any atom is -0.481 e. The van der Waals surface area contributed by atoms with E-state index in [-0.39, 0.29) is 0 Å². The third kappa shape index (κ3) is 22.2. The first kappa shape index (κ1) is 33.9. The van der Waals surface area contributed by atoms with E-state index in [1.165, 1.54) is 70.6 Å². The summed E-state index contributed by atoms with van der Waals surface area (Å²) in [7, 11) is 0. The Labute approximate surface area is 199 Å². The zero-order valence-electron chi connectivity index (χ0n) is 20.6. The number of unbranched alkanes of at least 4 members (excludes halogenated alkanes) is 11. The molecule has 8 heteroatoms. The molecule has 0 aliphatic rings. The average molecular weight is 477 g/mol. The van der Waals surface area contributed by atoms with Crippen molar-refractivity contribution in [1.82, 2.24) is 0 Å². The SMILES string of the molecule is CC(=O)[C@H](O)[C@@H](O)[C@H](O)[C@H](O)CO.CCCCCCCC/C=C\CCCCCCCC(=O)O. The van der Waals surface area contributed by atoms with Crippen LogP contribution in [0.1, 0.15) is 104 Å². The van der Waals surface area contributed by atoms with Crippen LogP contribution in [-0.2, 0) is 9.59 Å². The summed E-state index contributed by atoms with van der Waals surface area (Å²) in [6.45, 7) is 2.53. The van der Waals surface area contributed by atoms with Gasteiger partial charge < -0.3 is 30.6 Å². The van der Waals surface area contributed by atoms with E-state index in [9.17, 15) is 9.59 Å². The van der Waals surface area contributed by atoms with E-state index >= 15 is 0 Å². The Bertz CT molecular complexity index is 495. The lowest BCUT2D eigenvalue weighted by Gasteiger charge is -2.23. The standard InChI is InChI=1S/C18H34O2.C7H14O6/c1-2-3-4-5-6-7-8-9-10-11-12-13-14-15-16-17-18(19)20;1-3(9)5(11)7(13)6(12)4(10)2-8/h9-10H,2-8,11-17H2,1H3,(H,19,20);4-8,10-13H,2H2,1H3/b10-9-;/t;4-,5+,6-,7-/m.1/s1. The van der Waals surface area contributed by atoms with Crippen LogP contribution < -0.4 is 0 Å². The average Bonchev–Trinajstić information content (AvgIpc) is 2.79. The lowest BCUT2D eigenvalue weighted by Crippen LogP contribution is -2.48. The Balaban J connectivity index is 0. The zero-order valence-corrected chi connectivity index (χ0v) is 20.6. The maximum absolute atomic E-state index is 10.5. The number of rotatable bonds is 20. The molecule has 0 spiro atoms. The third-order valence-corrected chi connectivity index (χ3v) is 5.32. The highest BCUT2D eigenvalue weighted by Crippen LogP contribution is 2.10. The van der Waals surface area contributed by atoms with Gasteiger partial charge in [0.15, 0.2) is 5.78 Å². The maximum atomic E-state index is 10.5. The van der Waals surface area contributed by atoms with Crippen LogP contribution in [-0.4, -0.2) is 73.4 Å². The molecule has 0 unspecified atom stereocenters.